The minimum atomic E-state index is -0.436. The maximum atomic E-state index is 11.0. The van der Waals surface area contributed by atoms with Gasteiger partial charge in [-0.2, -0.15) is 0 Å². The molecule has 1 aliphatic rings. The summed E-state index contributed by atoms with van der Waals surface area (Å²) in [5.74, 6) is 0.171. The largest absolute Gasteiger partial charge is 0.393 e. The van der Waals surface area contributed by atoms with E-state index >= 15 is 0 Å². The average molecular weight is 330 g/mol. The third-order valence-corrected chi connectivity index (χ3v) is 4.14. The van der Waals surface area contributed by atoms with Crippen molar-refractivity contribution in [3.8, 4) is 0 Å². The van der Waals surface area contributed by atoms with E-state index in [0.717, 1.165) is 19.3 Å². The summed E-state index contributed by atoms with van der Waals surface area (Å²) in [5.41, 5.74) is 0.489. The second kappa shape index (κ2) is 5.83. The number of aliphatic hydroxyl groups excluding tert-OH is 1. The fourth-order valence-electron chi connectivity index (χ4n) is 2.60. The van der Waals surface area contributed by atoms with Gasteiger partial charge in [-0.3, -0.25) is 15.1 Å². The number of aromatic nitrogens is 1. The molecule has 7 heteroatoms. The molecule has 0 saturated heterocycles. The molecular weight excluding hydrogens is 314 g/mol. The molecule has 19 heavy (non-hydrogen) atoms. The van der Waals surface area contributed by atoms with Gasteiger partial charge in [0.15, 0.2) is 0 Å². The van der Waals surface area contributed by atoms with E-state index in [4.69, 9.17) is 0 Å². The summed E-state index contributed by atoms with van der Waals surface area (Å²) in [6.45, 7) is 0.602. The number of rotatable bonds is 4. The van der Waals surface area contributed by atoms with Crippen molar-refractivity contribution in [2.24, 2.45) is 5.92 Å². The molecule has 104 valence electrons. The Morgan fingerprint density at radius 2 is 2.32 bits per heavy atom. The quantitative estimate of drug-likeness (QED) is 0.677. The van der Waals surface area contributed by atoms with Gasteiger partial charge in [-0.1, -0.05) is 6.42 Å². The number of nitrogens with zero attached hydrogens (tertiary/aromatic N) is 3. The molecule has 0 bridgehead atoms. The minimum Gasteiger partial charge on any atom is -0.393 e. The molecule has 1 N–H and O–H groups in total. The van der Waals surface area contributed by atoms with Crippen LogP contribution in [0.25, 0.3) is 0 Å². The number of aliphatic hydroxyl groups is 1. The van der Waals surface area contributed by atoms with Gasteiger partial charge in [0, 0.05) is 25.7 Å². The molecule has 0 amide bonds. The van der Waals surface area contributed by atoms with Gasteiger partial charge in [0.2, 0.25) is 0 Å². The van der Waals surface area contributed by atoms with Crippen molar-refractivity contribution >= 4 is 27.3 Å². The Labute approximate surface area is 119 Å². The first-order valence-corrected chi connectivity index (χ1v) is 6.97. The van der Waals surface area contributed by atoms with Crippen LogP contribution in [0.4, 0.5) is 11.4 Å². The minimum absolute atomic E-state index is 0.0237. The maximum Gasteiger partial charge on any atom is 0.311 e. The fourth-order valence-corrected chi connectivity index (χ4v) is 3.23. The SMILES string of the molecule is CN(C[C@@H]1CCC[C@@H]1O)c1c(Br)cncc1[N+](=O)[O-]. The highest BCUT2D eigenvalue weighted by atomic mass is 79.9. The highest BCUT2D eigenvalue weighted by molar-refractivity contribution is 9.10. The third-order valence-electron chi connectivity index (χ3n) is 3.56. The molecular formula is C12H16BrN3O3. The van der Waals surface area contributed by atoms with Crippen LogP contribution >= 0.6 is 15.9 Å². The van der Waals surface area contributed by atoms with Gasteiger partial charge in [-0.05, 0) is 28.8 Å². The standard InChI is InChI=1S/C12H16BrN3O3/c1-15(7-8-3-2-4-11(8)17)12-9(13)5-14-6-10(12)16(18)19/h5-6,8,11,17H,2-4,7H2,1H3/t8-,11-/m0/s1. The summed E-state index contributed by atoms with van der Waals surface area (Å²) >= 11 is 3.31. The zero-order valence-electron chi connectivity index (χ0n) is 10.6. The second-order valence-corrected chi connectivity index (χ2v) is 5.74. The van der Waals surface area contributed by atoms with Crippen LogP contribution in [0.5, 0.6) is 0 Å². The first-order valence-electron chi connectivity index (χ1n) is 6.17. The molecule has 0 aromatic carbocycles. The van der Waals surface area contributed by atoms with Crippen LogP contribution in [0.15, 0.2) is 16.9 Å². The van der Waals surface area contributed by atoms with Crippen LogP contribution in [0.3, 0.4) is 0 Å². The molecule has 1 heterocycles. The van der Waals surface area contributed by atoms with Crippen molar-refractivity contribution in [1.82, 2.24) is 4.98 Å². The van der Waals surface area contributed by atoms with E-state index in [2.05, 4.69) is 20.9 Å². The first kappa shape index (κ1) is 14.2. The highest BCUT2D eigenvalue weighted by Crippen LogP contribution is 2.36. The molecule has 1 saturated carbocycles. The summed E-state index contributed by atoms with van der Waals surface area (Å²) in [7, 11) is 1.80. The van der Waals surface area contributed by atoms with Crippen molar-refractivity contribution in [2.75, 3.05) is 18.5 Å². The highest BCUT2D eigenvalue weighted by Gasteiger charge is 2.29. The lowest BCUT2D eigenvalue weighted by Gasteiger charge is -2.25. The van der Waals surface area contributed by atoms with E-state index in [1.807, 2.05) is 4.90 Å². The van der Waals surface area contributed by atoms with Crippen molar-refractivity contribution in [3.05, 3.63) is 27.0 Å². The van der Waals surface area contributed by atoms with Gasteiger partial charge in [-0.25, -0.2) is 0 Å². The van der Waals surface area contributed by atoms with E-state index in [9.17, 15) is 15.2 Å². The van der Waals surface area contributed by atoms with Gasteiger partial charge in [-0.15, -0.1) is 0 Å². The van der Waals surface area contributed by atoms with E-state index in [-0.39, 0.29) is 17.7 Å². The van der Waals surface area contributed by atoms with E-state index in [1.165, 1.54) is 6.20 Å². The Hall–Kier alpha value is -1.21. The van der Waals surface area contributed by atoms with Crippen LogP contribution in [0, 0.1) is 16.0 Å². The lowest BCUT2D eigenvalue weighted by atomic mass is 10.1. The molecule has 1 aliphatic carbocycles. The topological polar surface area (TPSA) is 79.5 Å². The van der Waals surface area contributed by atoms with Gasteiger partial charge in [0.05, 0.1) is 15.5 Å². The third kappa shape index (κ3) is 3.03. The van der Waals surface area contributed by atoms with Gasteiger partial charge >= 0.3 is 5.69 Å². The second-order valence-electron chi connectivity index (χ2n) is 4.89. The van der Waals surface area contributed by atoms with Crippen LogP contribution in [0.2, 0.25) is 0 Å². The molecule has 1 aromatic rings. The summed E-state index contributed by atoms with van der Waals surface area (Å²) in [4.78, 5) is 16.3. The van der Waals surface area contributed by atoms with Crippen LogP contribution in [-0.4, -0.2) is 34.7 Å². The number of pyridine rings is 1. The molecule has 1 fully saturated rings. The molecule has 0 unspecified atom stereocenters. The normalized spacial score (nSPS) is 22.5. The number of halogens is 1. The monoisotopic (exact) mass is 329 g/mol. The molecule has 2 rings (SSSR count). The van der Waals surface area contributed by atoms with Gasteiger partial charge < -0.3 is 10.0 Å². The van der Waals surface area contributed by atoms with E-state index in [0.29, 0.717) is 16.7 Å². The predicted octanol–water partition coefficient (Wildman–Crippen LogP) is 2.35. The zero-order valence-corrected chi connectivity index (χ0v) is 12.2. The summed E-state index contributed by atoms with van der Waals surface area (Å²) in [6, 6.07) is 0. The lowest BCUT2D eigenvalue weighted by Crippen LogP contribution is -2.30. The van der Waals surface area contributed by atoms with Crippen LogP contribution < -0.4 is 4.90 Å². The molecule has 0 spiro atoms. The van der Waals surface area contributed by atoms with Gasteiger partial charge in [0.1, 0.15) is 11.9 Å². The van der Waals surface area contributed by atoms with Crippen molar-refractivity contribution in [2.45, 2.75) is 25.4 Å². The first-order chi connectivity index (χ1) is 9.00. The fraction of sp³-hybridized carbons (Fsp3) is 0.583. The zero-order chi connectivity index (χ0) is 14.0. The summed E-state index contributed by atoms with van der Waals surface area (Å²) < 4.78 is 0.594. The number of hydrogen-bond acceptors (Lipinski definition) is 5. The average Bonchev–Trinajstić information content (AvgIpc) is 2.74. The Bertz CT molecular complexity index is 483. The Morgan fingerprint density at radius 3 is 2.89 bits per heavy atom. The van der Waals surface area contributed by atoms with Crippen molar-refractivity contribution in [3.63, 3.8) is 0 Å². The van der Waals surface area contributed by atoms with Crippen LogP contribution in [0.1, 0.15) is 19.3 Å². The molecule has 0 radical (unpaired) electrons. The Morgan fingerprint density at radius 1 is 1.58 bits per heavy atom. The summed E-state index contributed by atoms with van der Waals surface area (Å²) in [6.07, 6.45) is 5.28. The number of anilines is 1. The van der Waals surface area contributed by atoms with E-state index in [1.54, 1.807) is 13.2 Å². The lowest BCUT2D eigenvalue weighted by molar-refractivity contribution is -0.384. The molecule has 6 nitrogen and oxygen atoms in total. The van der Waals surface area contributed by atoms with Crippen molar-refractivity contribution in [1.29, 1.82) is 0 Å². The number of nitro groups is 1. The maximum absolute atomic E-state index is 11.0. The predicted molar refractivity (Wildman–Crippen MR) is 75.2 cm³/mol. The molecule has 1 aromatic heterocycles. The van der Waals surface area contributed by atoms with Gasteiger partial charge in [0.25, 0.3) is 0 Å². The molecule has 0 aliphatic heterocycles. The number of hydrogen-bond donors (Lipinski definition) is 1. The Balaban J connectivity index is 2.23. The van der Waals surface area contributed by atoms with Crippen molar-refractivity contribution < 1.29 is 10.0 Å². The van der Waals surface area contributed by atoms with E-state index < -0.39 is 4.92 Å². The Kier molecular flexibility index (Phi) is 4.36. The summed E-state index contributed by atoms with van der Waals surface area (Å²) in [5, 5.41) is 20.9. The molecule has 2 atom stereocenters. The smallest absolute Gasteiger partial charge is 0.311 e. The van der Waals surface area contributed by atoms with Crippen LogP contribution in [-0.2, 0) is 0 Å².